The average Bonchev–Trinajstić information content (AvgIpc) is 2.87. The Kier molecular flexibility index (Phi) is 20.4. The molecule has 0 rings (SSSR count). The standard InChI is InChI=1S/C30H56O7/c1-7-13-16-19-22-29(27(32)35-11-5,23-20-17-14-8-2)30(28(33)36-12-6,25-26(31)34-10-4)37-24-21-18-15-9-3/h7-25H2,1-6H3. The smallest absolute Gasteiger partial charge is 0.340 e. The molecule has 0 aliphatic heterocycles. The Morgan fingerprint density at radius 3 is 1.46 bits per heavy atom. The number of unbranched alkanes of at least 4 members (excludes halogenated alkanes) is 9. The molecule has 0 spiro atoms. The van der Waals surface area contributed by atoms with Crippen LogP contribution >= 0.6 is 0 Å². The summed E-state index contributed by atoms with van der Waals surface area (Å²) in [6.07, 6.45) is 11.6. The largest absolute Gasteiger partial charge is 0.466 e. The first-order chi connectivity index (χ1) is 17.8. The predicted molar refractivity (Wildman–Crippen MR) is 147 cm³/mol. The van der Waals surface area contributed by atoms with Gasteiger partial charge in [0.05, 0.1) is 26.2 Å². The lowest BCUT2D eigenvalue weighted by molar-refractivity contribution is -0.214. The summed E-state index contributed by atoms with van der Waals surface area (Å²) in [5.74, 6) is -1.72. The monoisotopic (exact) mass is 528 g/mol. The van der Waals surface area contributed by atoms with Crippen LogP contribution in [-0.4, -0.2) is 49.9 Å². The molecule has 1 unspecified atom stereocenters. The highest BCUT2D eigenvalue weighted by molar-refractivity contribution is 5.94. The van der Waals surface area contributed by atoms with E-state index in [-0.39, 0.29) is 32.8 Å². The molecule has 1 atom stereocenters. The molecule has 0 radical (unpaired) electrons. The van der Waals surface area contributed by atoms with Crippen LogP contribution in [-0.2, 0) is 33.3 Å². The van der Waals surface area contributed by atoms with Crippen molar-refractivity contribution in [3.63, 3.8) is 0 Å². The van der Waals surface area contributed by atoms with Gasteiger partial charge in [-0.15, -0.1) is 0 Å². The molecule has 0 aromatic heterocycles. The van der Waals surface area contributed by atoms with Crippen LogP contribution < -0.4 is 0 Å². The molecular weight excluding hydrogens is 472 g/mol. The molecule has 37 heavy (non-hydrogen) atoms. The third kappa shape index (κ3) is 11.7. The lowest BCUT2D eigenvalue weighted by Gasteiger charge is -2.46. The lowest BCUT2D eigenvalue weighted by atomic mass is 9.63. The summed E-state index contributed by atoms with van der Waals surface area (Å²) in [7, 11) is 0. The minimum atomic E-state index is -1.80. The lowest BCUT2D eigenvalue weighted by Crippen LogP contribution is -2.62. The van der Waals surface area contributed by atoms with Gasteiger partial charge < -0.3 is 18.9 Å². The van der Waals surface area contributed by atoms with Gasteiger partial charge in [-0.05, 0) is 40.0 Å². The number of hydrogen-bond acceptors (Lipinski definition) is 7. The quantitative estimate of drug-likeness (QED) is 0.0736. The minimum Gasteiger partial charge on any atom is -0.466 e. The molecule has 0 amide bonds. The molecule has 7 heteroatoms. The second kappa shape index (κ2) is 21.3. The van der Waals surface area contributed by atoms with Crippen LogP contribution in [0.15, 0.2) is 0 Å². The van der Waals surface area contributed by atoms with E-state index < -0.39 is 28.9 Å². The highest BCUT2D eigenvalue weighted by Crippen LogP contribution is 2.49. The van der Waals surface area contributed by atoms with E-state index in [0.717, 1.165) is 77.0 Å². The van der Waals surface area contributed by atoms with Crippen molar-refractivity contribution in [1.82, 2.24) is 0 Å². The van der Waals surface area contributed by atoms with Crippen LogP contribution in [0.25, 0.3) is 0 Å². The highest BCUT2D eigenvalue weighted by atomic mass is 16.6. The Morgan fingerprint density at radius 1 is 0.541 bits per heavy atom. The van der Waals surface area contributed by atoms with Crippen LogP contribution in [0.1, 0.15) is 138 Å². The summed E-state index contributed by atoms with van der Waals surface area (Å²) in [5, 5.41) is 0. The number of hydrogen-bond donors (Lipinski definition) is 0. The van der Waals surface area contributed by atoms with E-state index >= 15 is 0 Å². The van der Waals surface area contributed by atoms with Gasteiger partial charge in [-0.2, -0.15) is 0 Å². The summed E-state index contributed by atoms with van der Waals surface area (Å²) < 4.78 is 23.0. The summed E-state index contributed by atoms with van der Waals surface area (Å²) >= 11 is 0. The molecule has 0 aliphatic carbocycles. The van der Waals surface area contributed by atoms with Gasteiger partial charge in [0.1, 0.15) is 5.41 Å². The van der Waals surface area contributed by atoms with Crippen LogP contribution in [0, 0.1) is 5.41 Å². The van der Waals surface area contributed by atoms with E-state index in [1.165, 1.54) is 0 Å². The molecule has 0 aromatic carbocycles. The topological polar surface area (TPSA) is 88.1 Å². The maximum atomic E-state index is 14.0. The van der Waals surface area contributed by atoms with Crippen LogP contribution in [0.3, 0.4) is 0 Å². The molecule has 0 N–H and O–H groups in total. The van der Waals surface area contributed by atoms with E-state index in [0.29, 0.717) is 12.8 Å². The fourth-order valence-corrected chi connectivity index (χ4v) is 5.00. The summed E-state index contributed by atoms with van der Waals surface area (Å²) in [5.41, 5.74) is -3.14. The zero-order valence-electron chi connectivity index (χ0n) is 24.8. The van der Waals surface area contributed by atoms with Crippen molar-refractivity contribution in [2.24, 2.45) is 5.41 Å². The fraction of sp³-hybridized carbons (Fsp3) is 0.900. The molecule has 0 aliphatic rings. The first kappa shape index (κ1) is 35.4. The van der Waals surface area contributed by atoms with Gasteiger partial charge in [-0.1, -0.05) is 91.4 Å². The van der Waals surface area contributed by atoms with Gasteiger partial charge in [0, 0.05) is 6.61 Å². The highest BCUT2D eigenvalue weighted by Gasteiger charge is 2.64. The Balaban J connectivity index is 6.82. The summed E-state index contributed by atoms with van der Waals surface area (Å²) in [6.45, 7) is 12.3. The van der Waals surface area contributed by atoms with Crippen LogP contribution in [0.4, 0.5) is 0 Å². The predicted octanol–water partition coefficient (Wildman–Crippen LogP) is 7.33. The summed E-state index contributed by atoms with van der Waals surface area (Å²) in [6, 6.07) is 0. The van der Waals surface area contributed by atoms with Gasteiger partial charge in [-0.25, -0.2) is 4.79 Å². The molecule has 7 nitrogen and oxygen atoms in total. The minimum absolute atomic E-state index is 0.118. The first-order valence-electron chi connectivity index (χ1n) is 15.0. The second-order valence-electron chi connectivity index (χ2n) is 9.86. The Hall–Kier alpha value is -1.63. The zero-order chi connectivity index (χ0) is 28.0. The third-order valence-electron chi connectivity index (χ3n) is 7.00. The average molecular weight is 529 g/mol. The molecule has 0 aromatic rings. The molecule has 0 fully saturated rings. The van der Waals surface area contributed by atoms with Gasteiger partial charge >= 0.3 is 17.9 Å². The van der Waals surface area contributed by atoms with E-state index in [1.807, 2.05) is 0 Å². The third-order valence-corrected chi connectivity index (χ3v) is 7.00. The fourth-order valence-electron chi connectivity index (χ4n) is 5.00. The van der Waals surface area contributed by atoms with Gasteiger partial charge in [-0.3, -0.25) is 9.59 Å². The zero-order valence-corrected chi connectivity index (χ0v) is 24.8. The van der Waals surface area contributed by atoms with E-state index in [1.54, 1.807) is 20.8 Å². The Morgan fingerprint density at radius 2 is 1.00 bits per heavy atom. The SMILES string of the molecule is CCCCCCOC(CC(=O)OCC)(C(=O)OCC)C(CCCCCC)(CCCCCC)C(=O)OCC. The summed E-state index contributed by atoms with van der Waals surface area (Å²) in [4.78, 5) is 40.9. The number of carbonyl (C=O) groups is 3. The second-order valence-corrected chi connectivity index (χ2v) is 9.86. The van der Waals surface area contributed by atoms with Gasteiger partial charge in [0.25, 0.3) is 0 Å². The molecule has 0 heterocycles. The van der Waals surface area contributed by atoms with Crippen molar-refractivity contribution in [3.8, 4) is 0 Å². The van der Waals surface area contributed by atoms with Crippen molar-refractivity contribution in [1.29, 1.82) is 0 Å². The van der Waals surface area contributed by atoms with Gasteiger partial charge in [0.15, 0.2) is 5.60 Å². The Labute approximate surface area is 226 Å². The van der Waals surface area contributed by atoms with Gasteiger partial charge in [0.2, 0.25) is 0 Å². The van der Waals surface area contributed by atoms with E-state index in [2.05, 4.69) is 20.8 Å². The van der Waals surface area contributed by atoms with Crippen LogP contribution in [0.5, 0.6) is 0 Å². The molecule has 0 saturated heterocycles. The van der Waals surface area contributed by atoms with Crippen molar-refractivity contribution >= 4 is 17.9 Å². The first-order valence-corrected chi connectivity index (χ1v) is 15.0. The van der Waals surface area contributed by atoms with Crippen molar-refractivity contribution in [2.75, 3.05) is 26.4 Å². The van der Waals surface area contributed by atoms with E-state index in [4.69, 9.17) is 18.9 Å². The van der Waals surface area contributed by atoms with E-state index in [9.17, 15) is 14.4 Å². The van der Waals surface area contributed by atoms with Crippen molar-refractivity contribution in [3.05, 3.63) is 0 Å². The number of esters is 3. The normalized spacial score (nSPS) is 13.1. The molecular formula is C30H56O7. The molecule has 0 saturated carbocycles. The molecule has 218 valence electrons. The number of carbonyl (C=O) groups excluding carboxylic acids is 3. The maximum Gasteiger partial charge on any atom is 0.340 e. The van der Waals surface area contributed by atoms with Crippen LogP contribution in [0.2, 0.25) is 0 Å². The maximum absolute atomic E-state index is 14.0. The van der Waals surface area contributed by atoms with Crippen molar-refractivity contribution < 1.29 is 33.3 Å². The number of rotatable bonds is 24. The Bertz CT molecular complexity index is 607. The molecule has 0 bridgehead atoms. The number of ether oxygens (including phenoxy) is 4. The van der Waals surface area contributed by atoms with Crippen molar-refractivity contribution in [2.45, 2.75) is 143 Å².